The minimum Gasteiger partial charge on any atom is -0.455 e. The highest BCUT2D eigenvalue weighted by atomic mass is 32.1. The second-order valence-corrected chi connectivity index (χ2v) is 15.8. The monoisotopic (exact) mass is 735 g/mol. The van der Waals surface area contributed by atoms with Gasteiger partial charge in [0.2, 0.25) is 0 Å². The molecule has 0 saturated heterocycles. The molecule has 3 nitrogen and oxygen atoms in total. The van der Waals surface area contributed by atoms with E-state index in [1.165, 1.54) is 42.1 Å². The standard InChI is InChI=1S/C52H33NO2S/c1-2-13-34-31-48-44(30-33(34)12-1)42-19-10-18-40(50(42)55-48)37-14-3-6-22-45(37)53(46-23-11-20-41-38-15-4-7-24-47(38)54-51(41)46)35-28-26-32(27-29-35)36-17-9-21-43-39-16-5-8-25-49(39)56-52(36)43/h1-28,30-31,35H,29H2. The van der Waals surface area contributed by atoms with Gasteiger partial charge < -0.3 is 13.7 Å². The van der Waals surface area contributed by atoms with Gasteiger partial charge in [0.1, 0.15) is 16.7 Å². The van der Waals surface area contributed by atoms with Crippen LogP contribution in [0.1, 0.15) is 12.0 Å². The van der Waals surface area contributed by atoms with Crippen LogP contribution in [-0.4, -0.2) is 6.04 Å². The summed E-state index contributed by atoms with van der Waals surface area (Å²) in [4.78, 5) is 2.49. The molecule has 0 fully saturated rings. The van der Waals surface area contributed by atoms with Crippen LogP contribution in [0.25, 0.3) is 91.5 Å². The number of furan rings is 2. The van der Waals surface area contributed by atoms with Gasteiger partial charge in [-0.05, 0) is 64.7 Å². The summed E-state index contributed by atoms with van der Waals surface area (Å²) in [5, 5.41) is 9.49. The zero-order chi connectivity index (χ0) is 36.7. The number of hydrogen-bond acceptors (Lipinski definition) is 4. The number of nitrogens with zero attached hydrogens (tertiary/aromatic N) is 1. The first kappa shape index (κ1) is 31.5. The Morgan fingerprint density at radius 1 is 0.482 bits per heavy atom. The minimum atomic E-state index is 0.0144. The lowest BCUT2D eigenvalue weighted by Crippen LogP contribution is -2.30. The lowest BCUT2D eigenvalue weighted by Gasteiger charge is -2.34. The van der Waals surface area contributed by atoms with Gasteiger partial charge in [-0.25, -0.2) is 0 Å². The van der Waals surface area contributed by atoms with E-state index >= 15 is 0 Å². The zero-order valence-electron chi connectivity index (χ0n) is 30.3. The van der Waals surface area contributed by atoms with Gasteiger partial charge in [0, 0.05) is 58.5 Å². The van der Waals surface area contributed by atoms with Crippen molar-refractivity contribution in [1.82, 2.24) is 0 Å². The maximum absolute atomic E-state index is 6.80. The Labute approximate surface area is 326 Å². The van der Waals surface area contributed by atoms with E-state index in [9.17, 15) is 0 Å². The lowest BCUT2D eigenvalue weighted by atomic mass is 9.93. The molecule has 0 amide bonds. The number of para-hydroxylation sites is 4. The summed E-state index contributed by atoms with van der Waals surface area (Å²) in [6.07, 6.45) is 7.95. The number of thiophene rings is 1. The smallest absolute Gasteiger partial charge is 0.159 e. The molecule has 12 rings (SSSR count). The zero-order valence-corrected chi connectivity index (χ0v) is 31.1. The molecule has 56 heavy (non-hydrogen) atoms. The molecule has 0 saturated carbocycles. The predicted octanol–water partition coefficient (Wildman–Crippen LogP) is 15.2. The normalized spacial score (nSPS) is 14.6. The molecule has 3 heterocycles. The van der Waals surface area contributed by atoms with Gasteiger partial charge in [-0.2, -0.15) is 0 Å². The molecule has 0 aliphatic heterocycles. The molecule has 0 N–H and O–H groups in total. The van der Waals surface area contributed by atoms with Crippen molar-refractivity contribution in [1.29, 1.82) is 0 Å². The SMILES string of the molecule is C1=CC(N(c2ccccc2-c2cccc3c2oc2cc4ccccc4cc23)c2cccc3c2oc2ccccc23)CC=C1c1cccc2c1sc1ccccc12. The quantitative estimate of drug-likeness (QED) is 0.176. The van der Waals surface area contributed by atoms with Crippen molar-refractivity contribution in [2.75, 3.05) is 4.90 Å². The number of allylic oxidation sites excluding steroid dienone is 2. The van der Waals surface area contributed by atoms with Crippen molar-refractivity contribution in [2.24, 2.45) is 0 Å². The fourth-order valence-electron chi connectivity index (χ4n) is 8.99. The average Bonchev–Trinajstić information content (AvgIpc) is 3.95. The molecule has 0 radical (unpaired) electrons. The molecule has 264 valence electrons. The van der Waals surface area contributed by atoms with Crippen LogP contribution in [0.2, 0.25) is 0 Å². The number of benzene rings is 8. The maximum atomic E-state index is 6.80. The Hall–Kier alpha value is -6.88. The molecule has 1 unspecified atom stereocenters. The van der Waals surface area contributed by atoms with Crippen LogP contribution >= 0.6 is 11.3 Å². The third kappa shape index (κ3) is 4.76. The van der Waals surface area contributed by atoms with Crippen molar-refractivity contribution in [3.8, 4) is 11.1 Å². The van der Waals surface area contributed by atoms with E-state index in [1.54, 1.807) is 0 Å². The van der Waals surface area contributed by atoms with E-state index in [0.717, 1.165) is 72.8 Å². The molecule has 1 atom stereocenters. The Morgan fingerprint density at radius 3 is 2.00 bits per heavy atom. The van der Waals surface area contributed by atoms with Crippen LogP contribution in [0, 0.1) is 0 Å². The van der Waals surface area contributed by atoms with Gasteiger partial charge in [-0.15, -0.1) is 11.3 Å². The third-order valence-corrected chi connectivity index (χ3v) is 12.8. The number of rotatable bonds is 5. The molecular formula is C52H33NO2S. The van der Waals surface area contributed by atoms with Crippen LogP contribution in [0.3, 0.4) is 0 Å². The van der Waals surface area contributed by atoms with Crippen LogP contribution in [0.4, 0.5) is 11.4 Å². The second-order valence-electron chi connectivity index (χ2n) is 14.7. The summed E-state index contributed by atoms with van der Waals surface area (Å²) >= 11 is 1.88. The molecule has 11 aromatic rings. The van der Waals surface area contributed by atoms with E-state index in [0.29, 0.717) is 0 Å². The summed E-state index contributed by atoms with van der Waals surface area (Å²) in [7, 11) is 0. The summed E-state index contributed by atoms with van der Waals surface area (Å²) in [6.45, 7) is 0. The molecule has 0 spiro atoms. The van der Waals surface area contributed by atoms with Gasteiger partial charge in [-0.3, -0.25) is 0 Å². The van der Waals surface area contributed by atoms with Crippen molar-refractivity contribution < 1.29 is 8.83 Å². The highest BCUT2D eigenvalue weighted by molar-refractivity contribution is 7.26. The third-order valence-electron chi connectivity index (χ3n) is 11.6. The summed E-state index contributed by atoms with van der Waals surface area (Å²) < 4.78 is 16.2. The van der Waals surface area contributed by atoms with Crippen molar-refractivity contribution in [3.05, 3.63) is 188 Å². The fourth-order valence-corrected chi connectivity index (χ4v) is 10.2. The number of anilines is 2. The Balaban J connectivity index is 1.04. The summed E-state index contributed by atoms with van der Waals surface area (Å²) in [6, 6.07) is 58.6. The van der Waals surface area contributed by atoms with E-state index in [2.05, 4.69) is 181 Å². The summed E-state index contributed by atoms with van der Waals surface area (Å²) in [5.41, 5.74) is 10.4. The van der Waals surface area contributed by atoms with Crippen LogP contribution in [0.5, 0.6) is 0 Å². The molecule has 1 aliphatic rings. The predicted molar refractivity (Wildman–Crippen MR) is 237 cm³/mol. The fraction of sp³-hybridized carbons (Fsp3) is 0.0385. The van der Waals surface area contributed by atoms with E-state index in [-0.39, 0.29) is 6.04 Å². The van der Waals surface area contributed by atoms with Crippen LogP contribution in [-0.2, 0) is 0 Å². The van der Waals surface area contributed by atoms with Crippen molar-refractivity contribution in [3.63, 3.8) is 0 Å². The first-order valence-electron chi connectivity index (χ1n) is 19.2. The van der Waals surface area contributed by atoms with E-state index in [1.807, 2.05) is 17.4 Å². The topological polar surface area (TPSA) is 29.5 Å². The van der Waals surface area contributed by atoms with Crippen LogP contribution < -0.4 is 4.90 Å². The van der Waals surface area contributed by atoms with E-state index < -0.39 is 0 Å². The molecule has 1 aliphatic carbocycles. The number of fused-ring (bicyclic) bond motifs is 10. The maximum Gasteiger partial charge on any atom is 0.159 e. The highest BCUT2D eigenvalue weighted by Crippen LogP contribution is 2.47. The van der Waals surface area contributed by atoms with Gasteiger partial charge in [-0.1, -0.05) is 146 Å². The van der Waals surface area contributed by atoms with Gasteiger partial charge >= 0.3 is 0 Å². The second kappa shape index (κ2) is 12.3. The van der Waals surface area contributed by atoms with Crippen molar-refractivity contribution >= 4 is 103 Å². The van der Waals surface area contributed by atoms with Crippen molar-refractivity contribution in [2.45, 2.75) is 12.5 Å². The van der Waals surface area contributed by atoms with Gasteiger partial charge in [0.15, 0.2) is 5.58 Å². The van der Waals surface area contributed by atoms with Crippen LogP contribution in [0.15, 0.2) is 191 Å². The summed E-state index contributed by atoms with van der Waals surface area (Å²) in [5.74, 6) is 0. The van der Waals surface area contributed by atoms with Gasteiger partial charge in [0.25, 0.3) is 0 Å². The van der Waals surface area contributed by atoms with Gasteiger partial charge in [0.05, 0.1) is 11.7 Å². The Morgan fingerprint density at radius 2 is 1.12 bits per heavy atom. The minimum absolute atomic E-state index is 0.0144. The molecule has 3 aromatic heterocycles. The largest absolute Gasteiger partial charge is 0.455 e. The molecule has 8 aromatic carbocycles. The Kier molecular flexibility index (Phi) is 6.92. The van der Waals surface area contributed by atoms with E-state index in [4.69, 9.17) is 8.83 Å². The first-order valence-corrected chi connectivity index (χ1v) is 20.0. The average molecular weight is 736 g/mol. The lowest BCUT2D eigenvalue weighted by molar-refractivity contribution is 0.664. The molecular weight excluding hydrogens is 703 g/mol. The first-order chi connectivity index (χ1) is 27.8. The molecule has 0 bridgehead atoms. The Bertz CT molecular complexity index is 3430. The number of hydrogen-bond donors (Lipinski definition) is 0. The highest BCUT2D eigenvalue weighted by Gasteiger charge is 2.28. The molecule has 4 heteroatoms.